The van der Waals surface area contributed by atoms with E-state index in [1.807, 2.05) is 12.1 Å². The fourth-order valence-corrected chi connectivity index (χ4v) is 3.04. The van der Waals surface area contributed by atoms with Crippen LogP contribution in [0.5, 0.6) is 5.75 Å². The molecule has 0 unspecified atom stereocenters. The smallest absolute Gasteiger partial charge is 0.260 e. The monoisotopic (exact) mass is 394 g/mol. The van der Waals surface area contributed by atoms with E-state index in [0.29, 0.717) is 25.4 Å². The summed E-state index contributed by atoms with van der Waals surface area (Å²) in [5.74, 6) is -0.0506. The fraction of sp³-hybridized carbons (Fsp3) is 0.238. The molecule has 1 amide bonds. The first-order valence-electron chi connectivity index (χ1n) is 9.18. The molecule has 8 heteroatoms. The summed E-state index contributed by atoms with van der Waals surface area (Å²) < 4.78 is 24.2. The van der Waals surface area contributed by atoms with Gasteiger partial charge in [-0.1, -0.05) is 6.07 Å². The maximum absolute atomic E-state index is 12.9. The molecule has 0 N–H and O–H groups in total. The lowest BCUT2D eigenvalue weighted by Crippen LogP contribution is -2.44. The third kappa shape index (κ3) is 4.72. The van der Waals surface area contributed by atoms with Gasteiger partial charge in [-0.15, -0.1) is 0 Å². The van der Waals surface area contributed by atoms with Crippen molar-refractivity contribution in [1.82, 2.24) is 19.9 Å². The van der Waals surface area contributed by atoms with Gasteiger partial charge in [0, 0.05) is 36.3 Å². The van der Waals surface area contributed by atoms with Crippen LogP contribution in [0.4, 0.5) is 4.39 Å². The van der Waals surface area contributed by atoms with Gasteiger partial charge >= 0.3 is 0 Å². The Morgan fingerprint density at radius 1 is 1.10 bits per heavy atom. The van der Waals surface area contributed by atoms with Crippen molar-refractivity contribution >= 4 is 5.91 Å². The number of carbonyl (C=O) groups excluding carboxylic acids is 1. The van der Waals surface area contributed by atoms with Gasteiger partial charge in [-0.2, -0.15) is 0 Å². The molecule has 7 nitrogen and oxygen atoms in total. The van der Waals surface area contributed by atoms with E-state index in [0.717, 1.165) is 16.8 Å². The van der Waals surface area contributed by atoms with E-state index in [-0.39, 0.29) is 24.4 Å². The van der Waals surface area contributed by atoms with Crippen molar-refractivity contribution in [2.45, 2.75) is 6.10 Å². The van der Waals surface area contributed by atoms with Gasteiger partial charge in [-0.3, -0.25) is 9.78 Å². The van der Waals surface area contributed by atoms with Gasteiger partial charge in [0.15, 0.2) is 6.61 Å². The highest BCUT2D eigenvalue weighted by atomic mass is 19.1. The number of aromatic nitrogens is 3. The zero-order chi connectivity index (χ0) is 20.1. The fourth-order valence-electron chi connectivity index (χ4n) is 3.04. The summed E-state index contributed by atoms with van der Waals surface area (Å²) in [4.78, 5) is 26.7. The summed E-state index contributed by atoms with van der Waals surface area (Å²) >= 11 is 0. The van der Waals surface area contributed by atoms with Gasteiger partial charge in [-0.05, 0) is 30.3 Å². The highest BCUT2D eigenvalue weighted by Gasteiger charge is 2.26. The van der Waals surface area contributed by atoms with E-state index >= 15 is 0 Å². The van der Waals surface area contributed by atoms with Crippen molar-refractivity contribution < 1.29 is 18.7 Å². The van der Waals surface area contributed by atoms with Crippen LogP contribution in [0.3, 0.4) is 0 Å². The van der Waals surface area contributed by atoms with Crippen LogP contribution in [0.1, 0.15) is 11.8 Å². The van der Waals surface area contributed by atoms with Crippen LogP contribution in [0.15, 0.2) is 61.3 Å². The third-order valence-corrected chi connectivity index (χ3v) is 4.61. The number of halogens is 1. The van der Waals surface area contributed by atoms with Crippen molar-refractivity contribution in [3.63, 3.8) is 0 Å². The average molecular weight is 394 g/mol. The molecule has 1 aromatic carbocycles. The van der Waals surface area contributed by atoms with Crippen molar-refractivity contribution in [2.24, 2.45) is 0 Å². The highest BCUT2D eigenvalue weighted by Crippen LogP contribution is 2.23. The Kier molecular flexibility index (Phi) is 5.71. The molecule has 29 heavy (non-hydrogen) atoms. The van der Waals surface area contributed by atoms with Crippen molar-refractivity contribution in [2.75, 3.05) is 26.3 Å². The van der Waals surface area contributed by atoms with E-state index in [2.05, 4.69) is 15.0 Å². The first kappa shape index (κ1) is 18.9. The first-order chi connectivity index (χ1) is 14.2. The molecule has 0 spiro atoms. The van der Waals surface area contributed by atoms with Gasteiger partial charge in [0.25, 0.3) is 5.91 Å². The maximum Gasteiger partial charge on any atom is 0.260 e. The normalized spacial score (nSPS) is 16.4. The van der Waals surface area contributed by atoms with Gasteiger partial charge in [0.2, 0.25) is 0 Å². The molecule has 1 aliphatic heterocycles. The number of hydrogen-bond acceptors (Lipinski definition) is 6. The summed E-state index contributed by atoms with van der Waals surface area (Å²) in [5.41, 5.74) is 2.54. The van der Waals surface area contributed by atoms with Crippen LogP contribution in [-0.2, 0) is 9.53 Å². The Morgan fingerprint density at radius 3 is 2.62 bits per heavy atom. The molecule has 1 aliphatic rings. The molecule has 0 bridgehead atoms. The lowest BCUT2D eigenvalue weighted by Gasteiger charge is -2.32. The molecular weight excluding hydrogens is 375 g/mol. The number of amides is 1. The van der Waals surface area contributed by atoms with Crippen LogP contribution in [0.2, 0.25) is 0 Å². The molecule has 0 radical (unpaired) electrons. The van der Waals surface area contributed by atoms with E-state index in [4.69, 9.17) is 9.47 Å². The molecule has 2 aromatic heterocycles. The highest BCUT2D eigenvalue weighted by molar-refractivity contribution is 5.78. The molecule has 1 fully saturated rings. The van der Waals surface area contributed by atoms with E-state index in [1.54, 1.807) is 23.5 Å². The molecule has 4 rings (SSSR count). The van der Waals surface area contributed by atoms with Crippen LogP contribution < -0.4 is 4.74 Å². The minimum Gasteiger partial charge on any atom is -0.484 e. The Hall–Kier alpha value is -3.39. The molecule has 1 saturated heterocycles. The lowest BCUT2D eigenvalue weighted by atomic mass is 10.1. The summed E-state index contributed by atoms with van der Waals surface area (Å²) in [5, 5.41) is 0. The summed E-state index contributed by atoms with van der Waals surface area (Å²) in [6.45, 7) is 1.19. The Bertz CT molecular complexity index is 952. The number of pyridine rings is 1. The summed E-state index contributed by atoms with van der Waals surface area (Å²) in [6.07, 6.45) is 6.37. The Morgan fingerprint density at radius 2 is 1.90 bits per heavy atom. The number of morpholine rings is 1. The van der Waals surface area contributed by atoms with Crippen LogP contribution in [0, 0.1) is 5.82 Å². The van der Waals surface area contributed by atoms with Gasteiger partial charge in [0.1, 0.15) is 24.0 Å². The predicted molar refractivity (Wildman–Crippen MR) is 102 cm³/mol. The summed E-state index contributed by atoms with van der Waals surface area (Å²) in [6, 6.07) is 9.39. The second kappa shape index (κ2) is 8.74. The van der Waals surface area contributed by atoms with Crippen LogP contribution in [0.25, 0.3) is 11.1 Å². The van der Waals surface area contributed by atoms with Crippen molar-refractivity contribution in [3.8, 4) is 16.9 Å². The standard InChI is InChI=1S/C21H19FN4O3/c22-17-2-4-18(5-3-17)29-13-21(27)26-7-8-28-20(12-26)19-6-1-15(11-25-19)16-9-23-14-24-10-16/h1-6,9-11,14,20H,7-8,12-13H2/t20-/m1/s1. The Labute approximate surface area is 167 Å². The van der Waals surface area contributed by atoms with E-state index < -0.39 is 0 Å². The molecule has 148 valence electrons. The minimum atomic E-state index is -0.349. The molecule has 1 atom stereocenters. The minimum absolute atomic E-state index is 0.112. The van der Waals surface area contributed by atoms with Gasteiger partial charge in [0.05, 0.1) is 18.8 Å². The predicted octanol–water partition coefficient (Wildman–Crippen LogP) is 2.66. The number of ether oxygens (including phenoxy) is 2. The molecule has 3 heterocycles. The van der Waals surface area contributed by atoms with Gasteiger partial charge in [-0.25, -0.2) is 14.4 Å². The number of rotatable bonds is 5. The summed E-state index contributed by atoms with van der Waals surface area (Å²) in [7, 11) is 0. The molecule has 3 aromatic rings. The average Bonchev–Trinajstić information content (AvgIpc) is 2.79. The maximum atomic E-state index is 12.9. The van der Waals surface area contributed by atoms with Crippen molar-refractivity contribution in [3.05, 3.63) is 72.8 Å². The topological polar surface area (TPSA) is 77.4 Å². The zero-order valence-electron chi connectivity index (χ0n) is 15.6. The van der Waals surface area contributed by atoms with E-state index in [1.165, 1.54) is 30.6 Å². The second-order valence-corrected chi connectivity index (χ2v) is 6.54. The number of nitrogens with zero attached hydrogens (tertiary/aromatic N) is 4. The number of hydrogen-bond donors (Lipinski definition) is 0. The molecule has 0 aliphatic carbocycles. The Balaban J connectivity index is 1.36. The van der Waals surface area contributed by atoms with Crippen LogP contribution in [-0.4, -0.2) is 52.1 Å². The lowest BCUT2D eigenvalue weighted by molar-refractivity contribution is -0.141. The number of benzene rings is 1. The van der Waals surface area contributed by atoms with Gasteiger partial charge < -0.3 is 14.4 Å². The zero-order valence-corrected chi connectivity index (χ0v) is 15.6. The third-order valence-electron chi connectivity index (χ3n) is 4.61. The first-order valence-corrected chi connectivity index (χ1v) is 9.18. The largest absolute Gasteiger partial charge is 0.484 e. The van der Waals surface area contributed by atoms with E-state index in [9.17, 15) is 9.18 Å². The van der Waals surface area contributed by atoms with Crippen LogP contribution >= 0.6 is 0 Å². The molecular formula is C21H19FN4O3. The quantitative estimate of drug-likeness (QED) is 0.662. The molecule has 0 saturated carbocycles. The SMILES string of the molecule is O=C(COc1ccc(F)cc1)N1CCO[C@@H](c2ccc(-c3cncnc3)cn2)C1. The van der Waals surface area contributed by atoms with Crippen molar-refractivity contribution in [1.29, 1.82) is 0 Å². The number of carbonyl (C=O) groups is 1. The second-order valence-electron chi connectivity index (χ2n) is 6.54.